The Morgan fingerprint density at radius 1 is 0.882 bits per heavy atom. The van der Waals surface area contributed by atoms with Crippen LogP contribution in [0.25, 0.3) is 0 Å². The van der Waals surface area contributed by atoms with E-state index in [-0.39, 0.29) is 11.3 Å². The van der Waals surface area contributed by atoms with E-state index in [0.717, 1.165) is 51.7 Å². The van der Waals surface area contributed by atoms with Gasteiger partial charge in [-0.1, -0.05) is 48.5 Å². The summed E-state index contributed by atoms with van der Waals surface area (Å²) in [6.07, 6.45) is 9.89. The van der Waals surface area contributed by atoms with Crippen molar-refractivity contribution in [3.63, 3.8) is 0 Å². The summed E-state index contributed by atoms with van der Waals surface area (Å²) in [4.78, 5) is 16.7. The summed E-state index contributed by atoms with van der Waals surface area (Å²) < 4.78 is 0. The molecule has 0 bridgehead atoms. The van der Waals surface area contributed by atoms with Gasteiger partial charge in [0.25, 0.3) is 0 Å². The lowest BCUT2D eigenvalue weighted by molar-refractivity contribution is -0.143. The zero-order valence-corrected chi connectivity index (χ0v) is 20.6. The first-order valence-corrected chi connectivity index (χ1v) is 13.5. The zero-order valence-electron chi connectivity index (χ0n) is 20.6. The van der Waals surface area contributed by atoms with Crippen LogP contribution in [0.2, 0.25) is 0 Å². The number of fused-ring (bicyclic) bond motifs is 2. The molecule has 2 aromatic carbocycles. The minimum Gasteiger partial charge on any atom is -0.481 e. The van der Waals surface area contributed by atoms with Crippen LogP contribution in [0.1, 0.15) is 67.2 Å². The minimum absolute atomic E-state index is 0.132. The number of hydrogen-bond acceptors (Lipinski definition) is 3. The second-order valence-corrected chi connectivity index (χ2v) is 10.9. The van der Waals surface area contributed by atoms with Gasteiger partial charge in [-0.3, -0.25) is 9.69 Å². The van der Waals surface area contributed by atoms with Gasteiger partial charge in [-0.05, 0) is 92.0 Å². The summed E-state index contributed by atoms with van der Waals surface area (Å²) in [5.74, 6) is -0.732. The van der Waals surface area contributed by atoms with E-state index in [2.05, 4.69) is 58.3 Å². The Morgan fingerprint density at radius 3 is 2.35 bits per heavy atom. The smallest absolute Gasteiger partial charge is 0.306 e. The molecule has 4 heteroatoms. The highest BCUT2D eigenvalue weighted by molar-refractivity contribution is 5.70. The van der Waals surface area contributed by atoms with Crippen LogP contribution in [0.5, 0.6) is 0 Å². The standard InChI is InChI=1S/C30H40N2O2/c33-29(34)27-12-15-30(16-13-27)14-11-26-10-9-25(22-28(26)30)23-32-20-18-31(19-21-32)17-5-4-8-24-6-2-1-3-7-24/h1-3,6-7,9-10,22,27H,4-5,8,11-21,23H2,(H,33,34). The van der Waals surface area contributed by atoms with E-state index in [1.54, 1.807) is 5.56 Å². The van der Waals surface area contributed by atoms with Crippen LogP contribution in [0.3, 0.4) is 0 Å². The van der Waals surface area contributed by atoms with E-state index in [1.807, 2.05) is 0 Å². The van der Waals surface area contributed by atoms with Gasteiger partial charge in [0.1, 0.15) is 0 Å². The third kappa shape index (κ3) is 5.39. The summed E-state index contributed by atoms with van der Waals surface area (Å²) in [5.41, 5.74) is 6.20. The molecule has 1 N–H and O–H groups in total. The Kier molecular flexibility index (Phi) is 7.36. The van der Waals surface area contributed by atoms with Crippen molar-refractivity contribution in [2.45, 2.75) is 69.7 Å². The number of unbranched alkanes of at least 4 members (excludes halogenated alkanes) is 1. The van der Waals surface area contributed by atoms with Gasteiger partial charge >= 0.3 is 5.97 Å². The lowest BCUT2D eigenvalue weighted by Crippen LogP contribution is -2.46. The molecule has 34 heavy (non-hydrogen) atoms. The Morgan fingerprint density at radius 2 is 1.62 bits per heavy atom. The van der Waals surface area contributed by atoms with Crippen molar-refractivity contribution in [3.05, 3.63) is 70.8 Å². The molecule has 2 fully saturated rings. The summed E-state index contributed by atoms with van der Waals surface area (Å²) >= 11 is 0. The lowest BCUT2D eigenvalue weighted by atomic mass is 9.67. The van der Waals surface area contributed by atoms with Crippen molar-refractivity contribution in [3.8, 4) is 0 Å². The number of hydrogen-bond donors (Lipinski definition) is 1. The molecule has 0 aromatic heterocycles. The summed E-state index contributed by atoms with van der Waals surface area (Å²) in [7, 11) is 0. The van der Waals surface area contributed by atoms with Crippen molar-refractivity contribution in [1.82, 2.24) is 9.80 Å². The zero-order chi connectivity index (χ0) is 23.4. The average Bonchev–Trinajstić information content (AvgIpc) is 3.21. The molecule has 1 spiro atoms. The number of rotatable bonds is 8. The molecule has 4 nitrogen and oxygen atoms in total. The maximum absolute atomic E-state index is 11.4. The highest BCUT2D eigenvalue weighted by atomic mass is 16.4. The monoisotopic (exact) mass is 460 g/mol. The Balaban J connectivity index is 1.09. The predicted octanol–water partition coefficient (Wildman–Crippen LogP) is 5.29. The van der Waals surface area contributed by atoms with E-state index < -0.39 is 5.97 Å². The number of carboxylic acids is 1. The molecule has 3 aliphatic rings. The number of carboxylic acid groups (broad SMARTS) is 1. The Hall–Kier alpha value is -2.17. The van der Waals surface area contributed by atoms with Crippen LogP contribution in [-0.4, -0.2) is 53.6 Å². The van der Waals surface area contributed by atoms with E-state index >= 15 is 0 Å². The molecule has 5 rings (SSSR count). The summed E-state index contributed by atoms with van der Waals surface area (Å²) in [6, 6.07) is 18.0. The first-order chi connectivity index (χ1) is 16.6. The normalized spacial score (nSPS) is 25.5. The second-order valence-electron chi connectivity index (χ2n) is 10.9. The van der Waals surface area contributed by atoms with E-state index in [9.17, 15) is 9.90 Å². The predicted molar refractivity (Wildman–Crippen MR) is 137 cm³/mol. The van der Waals surface area contributed by atoms with Crippen LogP contribution < -0.4 is 0 Å². The van der Waals surface area contributed by atoms with Crippen molar-refractivity contribution in [1.29, 1.82) is 0 Å². The Bertz CT molecular complexity index is 957. The SMILES string of the molecule is O=C(O)C1CCC2(CCc3ccc(CN4CCN(CCCCc5ccccc5)CC4)cc32)CC1. The lowest BCUT2D eigenvalue weighted by Gasteiger charge is -2.37. The number of aliphatic carboxylic acids is 1. The molecule has 0 amide bonds. The van der Waals surface area contributed by atoms with E-state index in [1.165, 1.54) is 62.0 Å². The summed E-state index contributed by atoms with van der Waals surface area (Å²) in [5, 5.41) is 9.41. The molecule has 0 unspecified atom stereocenters. The first kappa shape index (κ1) is 23.6. The molecular weight excluding hydrogens is 420 g/mol. The number of carbonyl (C=O) groups is 1. The topological polar surface area (TPSA) is 43.8 Å². The van der Waals surface area contributed by atoms with E-state index in [0.29, 0.717) is 0 Å². The largest absolute Gasteiger partial charge is 0.481 e. The molecule has 1 saturated carbocycles. The van der Waals surface area contributed by atoms with E-state index in [4.69, 9.17) is 0 Å². The average molecular weight is 461 g/mol. The summed E-state index contributed by atoms with van der Waals surface area (Å²) in [6.45, 7) is 6.93. The van der Waals surface area contributed by atoms with Crippen molar-refractivity contribution in [2.24, 2.45) is 5.92 Å². The first-order valence-electron chi connectivity index (χ1n) is 13.5. The maximum Gasteiger partial charge on any atom is 0.306 e. The minimum atomic E-state index is -0.600. The maximum atomic E-state index is 11.4. The van der Waals surface area contributed by atoms with Gasteiger partial charge < -0.3 is 10.0 Å². The van der Waals surface area contributed by atoms with Crippen molar-refractivity contribution >= 4 is 5.97 Å². The molecule has 0 radical (unpaired) electrons. The highest BCUT2D eigenvalue weighted by Gasteiger charge is 2.42. The molecule has 0 atom stereocenters. The molecule has 2 aliphatic carbocycles. The van der Waals surface area contributed by atoms with Crippen LogP contribution in [0, 0.1) is 5.92 Å². The Labute approximate surface area is 205 Å². The number of benzene rings is 2. The van der Waals surface area contributed by atoms with Crippen LogP contribution in [0.4, 0.5) is 0 Å². The van der Waals surface area contributed by atoms with Crippen LogP contribution in [-0.2, 0) is 29.6 Å². The fourth-order valence-corrected chi connectivity index (χ4v) is 6.62. The van der Waals surface area contributed by atoms with Gasteiger partial charge in [0.2, 0.25) is 0 Å². The highest BCUT2D eigenvalue weighted by Crippen LogP contribution is 2.50. The number of aryl methyl sites for hydroxylation is 2. The molecule has 1 saturated heterocycles. The van der Waals surface area contributed by atoms with Gasteiger partial charge in [-0.2, -0.15) is 0 Å². The molecule has 2 aromatic rings. The molecular formula is C30H40N2O2. The van der Waals surface area contributed by atoms with Gasteiger partial charge in [0, 0.05) is 32.7 Å². The second kappa shape index (κ2) is 10.6. The third-order valence-electron chi connectivity index (χ3n) is 8.81. The quantitative estimate of drug-likeness (QED) is 0.544. The number of piperazine rings is 1. The van der Waals surface area contributed by atoms with Crippen LogP contribution in [0.15, 0.2) is 48.5 Å². The molecule has 1 aliphatic heterocycles. The fourth-order valence-electron chi connectivity index (χ4n) is 6.62. The number of nitrogens with zero attached hydrogens (tertiary/aromatic N) is 2. The third-order valence-corrected chi connectivity index (χ3v) is 8.81. The van der Waals surface area contributed by atoms with Crippen molar-refractivity contribution in [2.75, 3.05) is 32.7 Å². The van der Waals surface area contributed by atoms with Gasteiger partial charge in [0.05, 0.1) is 5.92 Å². The van der Waals surface area contributed by atoms with Crippen molar-refractivity contribution < 1.29 is 9.90 Å². The molecule has 182 valence electrons. The van der Waals surface area contributed by atoms with Gasteiger partial charge in [-0.15, -0.1) is 0 Å². The molecule has 1 heterocycles. The van der Waals surface area contributed by atoms with Gasteiger partial charge in [0.15, 0.2) is 0 Å². The van der Waals surface area contributed by atoms with Gasteiger partial charge in [-0.25, -0.2) is 0 Å². The van der Waals surface area contributed by atoms with Crippen LogP contribution >= 0.6 is 0 Å². The fraction of sp³-hybridized carbons (Fsp3) is 0.567.